The van der Waals surface area contributed by atoms with Crippen LogP contribution < -0.4 is 5.32 Å². The van der Waals surface area contributed by atoms with Crippen LogP contribution in [0.5, 0.6) is 5.75 Å². The van der Waals surface area contributed by atoms with Crippen molar-refractivity contribution in [3.05, 3.63) is 42.0 Å². The second-order valence-corrected chi connectivity index (χ2v) is 4.22. The van der Waals surface area contributed by atoms with Crippen molar-refractivity contribution in [3.63, 3.8) is 0 Å². The Hall–Kier alpha value is -1.32. The van der Waals surface area contributed by atoms with Crippen molar-refractivity contribution >= 4 is 0 Å². The SMILES string of the molecule is OC[C@H]1C=C[C@@H](NCc2cccc(O)c2)C1. The van der Waals surface area contributed by atoms with Crippen molar-refractivity contribution in [1.82, 2.24) is 5.32 Å². The number of phenolic OH excluding ortho intramolecular Hbond substituents is 1. The summed E-state index contributed by atoms with van der Waals surface area (Å²) >= 11 is 0. The van der Waals surface area contributed by atoms with Crippen LogP contribution >= 0.6 is 0 Å². The summed E-state index contributed by atoms with van der Waals surface area (Å²) in [5.74, 6) is 0.594. The maximum Gasteiger partial charge on any atom is 0.115 e. The Bertz CT molecular complexity index is 376. The Morgan fingerprint density at radius 3 is 2.88 bits per heavy atom. The lowest BCUT2D eigenvalue weighted by Gasteiger charge is -2.12. The molecule has 0 spiro atoms. The van der Waals surface area contributed by atoms with Crippen molar-refractivity contribution < 1.29 is 10.2 Å². The Labute approximate surface area is 95.4 Å². The second-order valence-electron chi connectivity index (χ2n) is 4.22. The monoisotopic (exact) mass is 219 g/mol. The highest BCUT2D eigenvalue weighted by Crippen LogP contribution is 2.18. The molecule has 86 valence electrons. The fourth-order valence-corrected chi connectivity index (χ4v) is 1.98. The first-order valence-corrected chi connectivity index (χ1v) is 5.58. The molecule has 1 aliphatic rings. The molecule has 3 heteroatoms. The average Bonchev–Trinajstić information content (AvgIpc) is 2.74. The normalized spacial score (nSPS) is 23.8. The van der Waals surface area contributed by atoms with Crippen LogP contribution in [0.1, 0.15) is 12.0 Å². The van der Waals surface area contributed by atoms with Crippen LogP contribution in [0.3, 0.4) is 0 Å². The molecule has 0 unspecified atom stereocenters. The van der Waals surface area contributed by atoms with Crippen LogP contribution in [-0.4, -0.2) is 22.9 Å². The lowest BCUT2D eigenvalue weighted by atomic mass is 10.1. The molecule has 0 aromatic heterocycles. The van der Waals surface area contributed by atoms with E-state index in [0.717, 1.165) is 18.5 Å². The molecule has 16 heavy (non-hydrogen) atoms. The van der Waals surface area contributed by atoms with E-state index in [1.54, 1.807) is 12.1 Å². The molecule has 2 rings (SSSR count). The molecule has 0 saturated heterocycles. The smallest absolute Gasteiger partial charge is 0.115 e. The van der Waals surface area contributed by atoms with Gasteiger partial charge in [-0.25, -0.2) is 0 Å². The molecule has 0 amide bonds. The van der Waals surface area contributed by atoms with Gasteiger partial charge in [-0.2, -0.15) is 0 Å². The maximum atomic E-state index is 9.31. The number of aliphatic hydroxyl groups excluding tert-OH is 1. The van der Waals surface area contributed by atoms with Gasteiger partial charge in [-0.3, -0.25) is 0 Å². The predicted molar refractivity (Wildman–Crippen MR) is 63.1 cm³/mol. The van der Waals surface area contributed by atoms with Gasteiger partial charge in [0.25, 0.3) is 0 Å². The third-order valence-corrected chi connectivity index (χ3v) is 2.89. The number of aliphatic hydroxyl groups is 1. The van der Waals surface area contributed by atoms with Crippen molar-refractivity contribution in [2.24, 2.45) is 5.92 Å². The van der Waals surface area contributed by atoms with E-state index < -0.39 is 0 Å². The Morgan fingerprint density at radius 2 is 2.19 bits per heavy atom. The quantitative estimate of drug-likeness (QED) is 0.671. The lowest BCUT2D eigenvalue weighted by molar-refractivity contribution is 0.246. The summed E-state index contributed by atoms with van der Waals surface area (Å²) in [5, 5.41) is 21.7. The molecule has 2 atom stereocenters. The maximum absolute atomic E-state index is 9.31. The summed E-state index contributed by atoms with van der Waals surface area (Å²) in [6.45, 7) is 0.961. The van der Waals surface area contributed by atoms with Gasteiger partial charge in [-0.15, -0.1) is 0 Å². The molecule has 0 heterocycles. The summed E-state index contributed by atoms with van der Waals surface area (Å²) in [6, 6.07) is 7.58. The predicted octanol–water partition coefficient (Wildman–Crippen LogP) is 1.42. The zero-order valence-electron chi connectivity index (χ0n) is 9.13. The minimum atomic E-state index is 0.223. The number of benzene rings is 1. The minimum absolute atomic E-state index is 0.223. The van der Waals surface area contributed by atoms with E-state index in [9.17, 15) is 5.11 Å². The minimum Gasteiger partial charge on any atom is -0.508 e. The average molecular weight is 219 g/mol. The molecule has 0 aliphatic heterocycles. The fraction of sp³-hybridized carbons (Fsp3) is 0.385. The summed E-state index contributed by atoms with van der Waals surface area (Å²) in [4.78, 5) is 0. The summed E-state index contributed by atoms with van der Waals surface area (Å²) in [6.07, 6.45) is 5.11. The molecule has 0 saturated carbocycles. The molecule has 1 aromatic carbocycles. The van der Waals surface area contributed by atoms with Gasteiger partial charge in [-0.1, -0.05) is 24.3 Å². The molecular weight excluding hydrogens is 202 g/mol. The van der Waals surface area contributed by atoms with Gasteiger partial charge < -0.3 is 15.5 Å². The first-order chi connectivity index (χ1) is 7.78. The number of rotatable bonds is 4. The molecule has 1 aliphatic carbocycles. The van der Waals surface area contributed by atoms with E-state index >= 15 is 0 Å². The van der Waals surface area contributed by atoms with Crippen molar-refractivity contribution in [2.75, 3.05) is 6.61 Å². The van der Waals surface area contributed by atoms with E-state index in [4.69, 9.17) is 5.11 Å². The van der Waals surface area contributed by atoms with Gasteiger partial charge in [0, 0.05) is 25.1 Å². The van der Waals surface area contributed by atoms with E-state index in [1.807, 2.05) is 12.1 Å². The molecule has 1 aromatic rings. The van der Waals surface area contributed by atoms with Crippen LogP contribution in [0.15, 0.2) is 36.4 Å². The van der Waals surface area contributed by atoms with E-state index in [-0.39, 0.29) is 6.61 Å². The molecule has 3 N–H and O–H groups in total. The number of hydrogen-bond donors (Lipinski definition) is 3. The van der Waals surface area contributed by atoms with Crippen LogP contribution in [0.2, 0.25) is 0 Å². The van der Waals surface area contributed by atoms with Crippen LogP contribution in [0, 0.1) is 5.92 Å². The summed E-state index contributed by atoms with van der Waals surface area (Å²) in [7, 11) is 0. The summed E-state index contributed by atoms with van der Waals surface area (Å²) in [5.41, 5.74) is 1.07. The molecule has 3 nitrogen and oxygen atoms in total. The summed E-state index contributed by atoms with van der Waals surface area (Å²) < 4.78 is 0. The van der Waals surface area contributed by atoms with Gasteiger partial charge >= 0.3 is 0 Å². The Balaban J connectivity index is 1.82. The zero-order valence-corrected chi connectivity index (χ0v) is 9.13. The van der Waals surface area contributed by atoms with Gasteiger partial charge in [-0.05, 0) is 24.1 Å². The van der Waals surface area contributed by atoms with E-state index in [0.29, 0.717) is 17.7 Å². The highest BCUT2D eigenvalue weighted by atomic mass is 16.3. The van der Waals surface area contributed by atoms with Crippen molar-refractivity contribution in [1.29, 1.82) is 0 Å². The molecular formula is C13H17NO2. The topological polar surface area (TPSA) is 52.5 Å². The van der Waals surface area contributed by atoms with Crippen molar-refractivity contribution in [3.8, 4) is 5.75 Å². The third-order valence-electron chi connectivity index (χ3n) is 2.89. The number of phenols is 1. The highest BCUT2D eigenvalue weighted by Gasteiger charge is 2.17. The zero-order chi connectivity index (χ0) is 11.4. The molecule has 0 radical (unpaired) electrons. The van der Waals surface area contributed by atoms with E-state index in [2.05, 4.69) is 17.5 Å². The lowest BCUT2D eigenvalue weighted by Crippen LogP contribution is -2.26. The van der Waals surface area contributed by atoms with E-state index in [1.165, 1.54) is 0 Å². The van der Waals surface area contributed by atoms with Crippen LogP contribution in [0.25, 0.3) is 0 Å². The molecule has 0 bridgehead atoms. The molecule has 0 fully saturated rings. The van der Waals surface area contributed by atoms with Gasteiger partial charge in [0.15, 0.2) is 0 Å². The third kappa shape index (κ3) is 2.84. The standard InChI is InChI=1S/C13H17NO2/c15-9-11-4-5-12(6-11)14-8-10-2-1-3-13(16)7-10/h1-5,7,11-12,14-16H,6,8-9H2/t11-,12+/m0/s1. The number of nitrogens with one attached hydrogen (secondary N) is 1. The highest BCUT2D eigenvalue weighted by molar-refractivity contribution is 5.27. The fourth-order valence-electron chi connectivity index (χ4n) is 1.98. The van der Waals surface area contributed by atoms with Crippen LogP contribution in [-0.2, 0) is 6.54 Å². The van der Waals surface area contributed by atoms with Crippen LogP contribution in [0.4, 0.5) is 0 Å². The first-order valence-electron chi connectivity index (χ1n) is 5.58. The van der Waals surface area contributed by atoms with Gasteiger partial charge in [0.05, 0.1) is 0 Å². The number of aromatic hydroxyl groups is 1. The largest absolute Gasteiger partial charge is 0.508 e. The van der Waals surface area contributed by atoms with Crippen molar-refractivity contribution in [2.45, 2.75) is 19.0 Å². The van der Waals surface area contributed by atoms with Gasteiger partial charge in [0.1, 0.15) is 5.75 Å². The van der Waals surface area contributed by atoms with Gasteiger partial charge in [0.2, 0.25) is 0 Å². The number of hydrogen-bond acceptors (Lipinski definition) is 3. The first kappa shape index (κ1) is 11.2. The second kappa shape index (κ2) is 5.14. The Morgan fingerprint density at radius 1 is 1.31 bits per heavy atom. The Kier molecular flexibility index (Phi) is 3.59.